The molecule has 310 valence electrons. The molecule has 14 nitrogen and oxygen atoms in total. The average Bonchev–Trinajstić information content (AvgIpc) is 3.90. The van der Waals surface area contributed by atoms with Crippen molar-refractivity contribution in [2.75, 3.05) is 6.54 Å². The number of alkyl halides is 2. The Morgan fingerprint density at radius 2 is 1.60 bits per heavy atom. The molecule has 16 heteroatoms. The van der Waals surface area contributed by atoms with Gasteiger partial charge in [-0.1, -0.05) is 53.4 Å². The van der Waals surface area contributed by atoms with E-state index >= 15 is 0 Å². The monoisotopic (exact) mass is 795 g/mol. The third-order valence-electron chi connectivity index (χ3n) is 10.7. The molecule has 2 aromatic rings. The minimum atomic E-state index is -3.07. The first-order chi connectivity index (χ1) is 27.0. The number of benzene rings is 1. The lowest BCUT2D eigenvalue weighted by atomic mass is 9.82. The van der Waals surface area contributed by atoms with Crippen LogP contribution in [-0.4, -0.2) is 93.0 Å². The summed E-state index contributed by atoms with van der Waals surface area (Å²) in [5.41, 5.74) is -1.08. The molecule has 1 aliphatic heterocycles. The lowest BCUT2D eigenvalue weighted by Crippen LogP contribution is -2.62. The van der Waals surface area contributed by atoms with E-state index in [-0.39, 0.29) is 48.4 Å². The van der Waals surface area contributed by atoms with Gasteiger partial charge in [-0.15, -0.1) is 0 Å². The number of carbonyl (C=O) groups excluding carboxylic acids is 6. The first kappa shape index (κ1) is 43.1. The molecule has 4 N–H and O–H groups in total. The van der Waals surface area contributed by atoms with E-state index < -0.39 is 76.9 Å². The SMILES string of the molecule is CCC[C@H](NC(=O)[C@@H]1C[C@@H](Oc2ccc(C(C)(F)F)cc2)CN1C(=O)[C@@H](NC(=O)[C@@H](NC(=O)c1cnccn1)C1CCCCC1)C(C)(C)C)C(=O)C(=O)NC1CC1. The van der Waals surface area contributed by atoms with Gasteiger partial charge in [0.05, 0.1) is 18.8 Å². The molecule has 5 rings (SSSR count). The summed E-state index contributed by atoms with van der Waals surface area (Å²) in [6.07, 6.45) is 9.61. The lowest BCUT2D eigenvalue weighted by Gasteiger charge is -2.37. The van der Waals surface area contributed by atoms with Gasteiger partial charge in [0.15, 0.2) is 0 Å². The fourth-order valence-corrected chi connectivity index (χ4v) is 7.40. The number of carbonyl (C=O) groups is 6. The van der Waals surface area contributed by atoms with Crippen molar-refractivity contribution >= 4 is 35.3 Å². The second kappa shape index (κ2) is 18.5. The molecule has 1 aromatic heterocycles. The van der Waals surface area contributed by atoms with Gasteiger partial charge < -0.3 is 30.9 Å². The first-order valence-corrected chi connectivity index (χ1v) is 19.9. The van der Waals surface area contributed by atoms with Crippen LogP contribution in [-0.2, 0) is 29.9 Å². The Morgan fingerprint density at radius 1 is 0.912 bits per heavy atom. The summed E-state index contributed by atoms with van der Waals surface area (Å²) in [7, 11) is 0. The Labute approximate surface area is 332 Å². The van der Waals surface area contributed by atoms with Crippen LogP contribution in [0.3, 0.4) is 0 Å². The van der Waals surface area contributed by atoms with Crippen LogP contribution >= 0.6 is 0 Å². The van der Waals surface area contributed by atoms with Gasteiger partial charge in [0.25, 0.3) is 17.7 Å². The Morgan fingerprint density at radius 3 is 2.18 bits per heavy atom. The van der Waals surface area contributed by atoms with E-state index in [2.05, 4.69) is 31.2 Å². The largest absolute Gasteiger partial charge is 0.488 e. The lowest BCUT2D eigenvalue weighted by molar-refractivity contribution is -0.145. The molecule has 5 atom stereocenters. The number of nitrogens with one attached hydrogen (secondary N) is 4. The maximum atomic E-state index is 14.8. The van der Waals surface area contributed by atoms with Gasteiger partial charge in [0, 0.05) is 37.3 Å². The van der Waals surface area contributed by atoms with Gasteiger partial charge in [-0.3, -0.25) is 33.8 Å². The van der Waals surface area contributed by atoms with E-state index in [0.29, 0.717) is 19.3 Å². The van der Waals surface area contributed by atoms with Gasteiger partial charge in [-0.25, -0.2) is 13.8 Å². The molecule has 2 aliphatic carbocycles. The van der Waals surface area contributed by atoms with Crippen LogP contribution in [0.5, 0.6) is 5.75 Å². The Kier molecular flexibility index (Phi) is 14.0. The number of Topliss-reactive ketones (excluding diaryl/α,β-unsaturated/α-hetero) is 1. The topological polar surface area (TPSA) is 189 Å². The smallest absolute Gasteiger partial charge is 0.289 e. The third kappa shape index (κ3) is 11.5. The predicted molar refractivity (Wildman–Crippen MR) is 205 cm³/mol. The molecule has 0 radical (unpaired) electrons. The molecular formula is C41H55F2N7O7. The number of halogens is 2. The van der Waals surface area contributed by atoms with Crippen LogP contribution in [0.2, 0.25) is 0 Å². The summed E-state index contributed by atoms with van der Waals surface area (Å²) in [6.45, 7) is 7.78. The van der Waals surface area contributed by atoms with Gasteiger partial charge >= 0.3 is 0 Å². The summed E-state index contributed by atoms with van der Waals surface area (Å²) in [6, 6.07) is 0.667. The van der Waals surface area contributed by atoms with Crippen molar-refractivity contribution < 1.29 is 42.3 Å². The molecule has 3 fully saturated rings. The van der Waals surface area contributed by atoms with Crippen LogP contribution in [0.25, 0.3) is 0 Å². The van der Waals surface area contributed by atoms with Crippen molar-refractivity contribution in [1.82, 2.24) is 36.1 Å². The second-order valence-electron chi connectivity index (χ2n) is 16.6. The molecule has 57 heavy (non-hydrogen) atoms. The van der Waals surface area contributed by atoms with Crippen LogP contribution < -0.4 is 26.0 Å². The van der Waals surface area contributed by atoms with Gasteiger partial charge in [-0.05, 0) is 67.7 Å². The van der Waals surface area contributed by atoms with E-state index in [1.807, 2.05) is 6.92 Å². The summed E-state index contributed by atoms with van der Waals surface area (Å²) < 4.78 is 34.0. The van der Waals surface area contributed by atoms with Gasteiger partial charge in [0.1, 0.15) is 35.7 Å². The van der Waals surface area contributed by atoms with Crippen LogP contribution in [0.4, 0.5) is 8.78 Å². The number of likely N-dealkylation sites (tertiary alicyclic amines) is 1. The Hall–Kier alpha value is -5.02. The number of ketones is 1. The van der Waals surface area contributed by atoms with E-state index in [4.69, 9.17) is 4.74 Å². The summed E-state index contributed by atoms with van der Waals surface area (Å²) in [4.78, 5) is 91.7. The van der Waals surface area contributed by atoms with E-state index in [1.54, 1.807) is 20.8 Å². The van der Waals surface area contributed by atoms with E-state index in [0.717, 1.165) is 39.0 Å². The highest BCUT2D eigenvalue weighted by molar-refractivity contribution is 6.38. The molecule has 2 heterocycles. The van der Waals surface area contributed by atoms with Crippen molar-refractivity contribution in [2.45, 2.75) is 141 Å². The molecule has 5 amide bonds. The maximum Gasteiger partial charge on any atom is 0.289 e. The van der Waals surface area contributed by atoms with Crippen LogP contribution in [0.15, 0.2) is 42.9 Å². The van der Waals surface area contributed by atoms with E-state index in [9.17, 15) is 37.5 Å². The first-order valence-electron chi connectivity index (χ1n) is 19.9. The summed E-state index contributed by atoms with van der Waals surface area (Å²) in [5, 5.41) is 11.1. The molecular weight excluding hydrogens is 740 g/mol. The maximum absolute atomic E-state index is 14.8. The number of nitrogens with zero attached hydrogens (tertiary/aromatic N) is 3. The highest BCUT2D eigenvalue weighted by Crippen LogP contribution is 2.32. The minimum Gasteiger partial charge on any atom is -0.488 e. The van der Waals surface area contributed by atoms with Gasteiger partial charge in [0.2, 0.25) is 23.5 Å². The van der Waals surface area contributed by atoms with Crippen molar-refractivity contribution in [3.05, 3.63) is 54.1 Å². The minimum absolute atomic E-state index is 0.0335. The van der Waals surface area contributed by atoms with Crippen molar-refractivity contribution in [2.24, 2.45) is 11.3 Å². The highest BCUT2D eigenvalue weighted by Gasteiger charge is 2.47. The Balaban J connectivity index is 1.41. The van der Waals surface area contributed by atoms with E-state index in [1.165, 1.54) is 47.8 Å². The molecule has 3 aliphatic rings. The van der Waals surface area contributed by atoms with Crippen molar-refractivity contribution in [1.29, 1.82) is 0 Å². The number of rotatable bonds is 16. The fraction of sp³-hybridized carbons (Fsp3) is 0.610. The zero-order valence-corrected chi connectivity index (χ0v) is 33.3. The average molecular weight is 796 g/mol. The standard InChI is InChI=1S/C41H55F2N7O7/c1-6-10-29(33(51)38(55)46-26-15-16-26)47-36(53)31-21-28(57-27-17-13-25(14-18-27)41(5,42)43)23-50(31)39(56)34(40(2,3)4)49-37(54)32(24-11-8-7-9-12-24)48-35(52)30-22-44-19-20-45-30/h13-14,17-20,22,24,26,28-29,31-32,34H,6-12,15-16,21,23H2,1-5H3,(H,46,55)(H,47,53)(H,48,52)(H,49,54)/t28-,29+,31+,32+,34-/m1/s1. The fourth-order valence-electron chi connectivity index (χ4n) is 7.40. The summed E-state index contributed by atoms with van der Waals surface area (Å²) >= 11 is 0. The highest BCUT2D eigenvalue weighted by atomic mass is 19.3. The molecule has 1 aromatic carbocycles. The molecule has 0 spiro atoms. The molecule has 0 bridgehead atoms. The number of hydrogen-bond acceptors (Lipinski definition) is 9. The van der Waals surface area contributed by atoms with Crippen LogP contribution in [0, 0.1) is 11.3 Å². The van der Waals surface area contributed by atoms with Crippen molar-refractivity contribution in [3.8, 4) is 5.75 Å². The number of aromatic nitrogens is 2. The number of ether oxygens (including phenoxy) is 1. The van der Waals surface area contributed by atoms with Gasteiger partial charge in [-0.2, -0.15) is 0 Å². The number of hydrogen-bond donors (Lipinski definition) is 4. The zero-order chi connectivity index (χ0) is 41.5. The van der Waals surface area contributed by atoms with Crippen molar-refractivity contribution in [3.63, 3.8) is 0 Å². The Bertz CT molecular complexity index is 1760. The second-order valence-corrected chi connectivity index (χ2v) is 16.6. The summed E-state index contributed by atoms with van der Waals surface area (Å²) in [5.74, 6) is -7.04. The van der Waals surface area contributed by atoms with Crippen LogP contribution in [0.1, 0.15) is 115 Å². The number of amides is 5. The predicted octanol–water partition coefficient (Wildman–Crippen LogP) is 3.98. The molecule has 0 unspecified atom stereocenters. The third-order valence-corrected chi connectivity index (χ3v) is 10.7. The normalized spacial score (nSPS) is 20.4. The zero-order valence-electron chi connectivity index (χ0n) is 33.3. The molecule has 1 saturated heterocycles. The molecule has 2 saturated carbocycles. The quantitative estimate of drug-likeness (QED) is 0.182.